The van der Waals surface area contributed by atoms with Crippen molar-refractivity contribution < 1.29 is 19.1 Å². The maximum Gasteiger partial charge on any atom is 0.325 e. The summed E-state index contributed by atoms with van der Waals surface area (Å²) in [5.41, 5.74) is 2.50. The van der Waals surface area contributed by atoms with Crippen LogP contribution in [-0.4, -0.2) is 37.0 Å². The van der Waals surface area contributed by atoms with Gasteiger partial charge in [-0.3, -0.25) is 14.4 Å². The molecule has 0 aromatic heterocycles. The minimum atomic E-state index is -0.665. The molecule has 0 aliphatic carbocycles. The number of hydrogen-bond acceptors (Lipinski definition) is 4. The highest BCUT2D eigenvalue weighted by Crippen LogP contribution is 2.19. The number of benzene rings is 2. The van der Waals surface area contributed by atoms with Crippen LogP contribution in [0.4, 0.5) is 0 Å². The molecule has 0 radical (unpaired) electrons. The quantitative estimate of drug-likeness (QED) is 0.688. The van der Waals surface area contributed by atoms with E-state index in [2.05, 4.69) is 10.6 Å². The van der Waals surface area contributed by atoms with E-state index in [1.54, 1.807) is 12.1 Å². The van der Waals surface area contributed by atoms with Crippen LogP contribution in [0.2, 0.25) is 0 Å². The molecule has 2 N–H and O–H groups in total. The molecule has 0 aliphatic heterocycles. The highest BCUT2D eigenvalue weighted by molar-refractivity contribution is 5.96. The van der Waals surface area contributed by atoms with Gasteiger partial charge in [-0.1, -0.05) is 56.3 Å². The molecular weight excluding hydrogens is 356 g/mol. The number of carbonyl (C=O) groups excluding carboxylic acids is 3. The fourth-order valence-electron chi connectivity index (χ4n) is 2.36. The lowest BCUT2D eigenvalue weighted by atomic mass is 10.0. The standard InChI is InChI=1S/C22H26N2O4/c1-15(2)16(3)24-20(25)14-28-21(26)13-23-22(27)19-11-9-18(10-12-19)17-7-5-4-6-8-17/h4-12,15-16H,13-14H2,1-3H3,(H,23,27)(H,24,25)/t16-/m1/s1. The summed E-state index contributed by atoms with van der Waals surface area (Å²) in [5.74, 6) is -1.12. The second-order valence-electron chi connectivity index (χ2n) is 6.89. The van der Waals surface area contributed by atoms with Crippen molar-refractivity contribution >= 4 is 17.8 Å². The van der Waals surface area contributed by atoms with Gasteiger partial charge >= 0.3 is 5.97 Å². The smallest absolute Gasteiger partial charge is 0.325 e. The van der Waals surface area contributed by atoms with Crippen molar-refractivity contribution in [2.24, 2.45) is 5.92 Å². The number of amides is 2. The summed E-state index contributed by atoms with van der Waals surface area (Å²) >= 11 is 0. The first-order valence-corrected chi connectivity index (χ1v) is 9.25. The topological polar surface area (TPSA) is 84.5 Å². The maximum atomic E-state index is 12.2. The van der Waals surface area contributed by atoms with Crippen LogP contribution in [0, 0.1) is 5.92 Å². The maximum absolute atomic E-state index is 12.2. The fourth-order valence-corrected chi connectivity index (χ4v) is 2.36. The molecule has 2 amide bonds. The van der Waals surface area contributed by atoms with Gasteiger partial charge in [0.1, 0.15) is 6.54 Å². The molecule has 2 rings (SSSR count). The minimum Gasteiger partial charge on any atom is -0.454 e. The average Bonchev–Trinajstić information content (AvgIpc) is 2.71. The van der Waals surface area contributed by atoms with Gasteiger partial charge in [0, 0.05) is 11.6 Å². The zero-order valence-corrected chi connectivity index (χ0v) is 16.4. The van der Waals surface area contributed by atoms with Crippen LogP contribution >= 0.6 is 0 Å². The summed E-state index contributed by atoms with van der Waals surface area (Å²) in [5, 5.41) is 5.24. The Morgan fingerprint density at radius 2 is 1.50 bits per heavy atom. The highest BCUT2D eigenvalue weighted by Gasteiger charge is 2.14. The molecule has 6 nitrogen and oxygen atoms in total. The third-order valence-corrected chi connectivity index (χ3v) is 4.40. The summed E-state index contributed by atoms with van der Waals surface area (Å²) in [6, 6.07) is 16.9. The van der Waals surface area contributed by atoms with E-state index in [0.29, 0.717) is 5.56 Å². The van der Waals surface area contributed by atoms with Crippen molar-refractivity contribution in [3.8, 4) is 11.1 Å². The lowest BCUT2D eigenvalue weighted by molar-refractivity contribution is -0.147. The number of esters is 1. The molecule has 148 valence electrons. The minimum absolute atomic E-state index is 0.00948. The van der Waals surface area contributed by atoms with E-state index in [1.807, 2.05) is 63.2 Å². The molecule has 1 atom stereocenters. The lowest BCUT2D eigenvalue weighted by Gasteiger charge is -2.17. The lowest BCUT2D eigenvalue weighted by Crippen LogP contribution is -2.39. The number of ether oxygens (including phenoxy) is 1. The van der Waals surface area contributed by atoms with Gasteiger partial charge in [-0.2, -0.15) is 0 Å². The number of nitrogens with one attached hydrogen (secondary N) is 2. The van der Waals surface area contributed by atoms with Crippen LogP contribution < -0.4 is 10.6 Å². The molecule has 0 heterocycles. The summed E-state index contributed by atoms with van der Waals surface area (Å²) < 4.78 is 4.88. The SMILES string of the molecule is CC(C)[C@@H](C)NC(=O)COC(=O)CNC(=O)c1ccc(-c2ccccc2)cc1. The number of hydrogen-bond donors (Lipinski definition) is 2. The second-order valence-corrected chi connectivity index (χ2v) is 6.89. The van der Waals surface area contributed by atoms with Crippen LogP contribution in [0.3, 0.4) is 0 Å². The monoisotopic (exact) mass is 382 g/mol. The van der Waals surface area contributed by atoms with Gasteiger partial charge < -0.3 is 15.4 Å². The molecular formula is C22H26N2O4. The molecule has 2 aromatic rings. The Morgan fingerprint density at radius 3 is 2.11 bits per heavy atom. The highest BCUT2D eigenvalue weighted by atomic mass is 16.5. The predicted molar refractivity (Wildman–Crippen MR) is 108 cm³/mol. The molecule has 0 spiro atoms. The summed E-state index contributed by atoms with van der Waals surface area (Å²) in [7, 11) is 0. The van der Waals surface area contributed by atoms with E-state index in [4.69, 9.17) is 4.74 Å². The van der Waals surface area contributed by atoms with Crippen LogP contribution in [-0.2, 0) is 14.3 Å². The average molecular weight is 382 g/mol. The van der Waals surface area contributed by atoms with Gasteiger partial charge in [0.25, 0.3) is 11.8 Å². The molecule has 6 heteroatoms. The molecule has 2 aromatic carbocycles. The van der Waals surface area contributed by atoms with Gasteiger partial charge in [-0.25, -0.2) is 0 Å². The van der Waals surface area contributed by atoms with E-state index in [9.17, 15) is 14.4 Å². The van der Waals surface area contributed by atoms with Gasteiger partial charge in [-0.15, -0.1) is 0 Å². The first kappa shape index (κ1) is 21.2. The predicted octanol–water partition coefficient (Wildman–Crippen LogP) is 2.79. The Balaban J connectivity index is 1.77. The van der Waals surface area contributed by atoms with Crippen LogP contribution in [0.5, 0.6) is 0 Å². The van der Waals surface area contributed by atoms with E-state index < -0.39 is 5.97 Å². The Morgan fingerprint density at radius 1 is 0.893 bits per heavy atom. The first-order chi connectivity index (χ1) is 13.4. The van der Waals surface area contributed by atoms with E-state index >= 15 is 0 Å². The van der Waals surface area contributed by atoms with Crippen molar-refractivity contribution in [1.82, 2.24) is 10.6 Å². The molecule has 0 bridgehead atoms. The van der Waals surface area contributed by atoms with E-state index in [-0.39, 0.29) is 36.9 Å². The summed E-state index contributed by atoms with van der Waals surface area (Å²) in [4.78, 5) is 35.6. The van der Waals surface area contributed by atoms with Crippen molar-refractivity contribution in [2.45, 2.75) is 26.8 Å². The van der Waals surface area contributed by atoms with Crippen molar-refractivity contribution in [2.75, 3.05) is 13.2 Å². The largest absolute Gasteiger partial charge is 0.454 e. The van der Waals surface area contributed by atoms with Gasteiger partial charge in [0.05, 0.1) is 0 Å². The molecule has 0 saturated carbocycles. The molecule has 0 saturated heterocycles. The molecule has 0 fully saturated rings. The third-order valence-electron chi connectivity index (χ3n) is 4.40. The first-order valence-electron chi connectivity index (χ1n) is 9.25. The Bertz CT molecular complexity index is 801. The Hall–Kier alpha value is -3.15. The van der Waals surface area contributed by atoms with Crippen molar-refractivity contribution in [3.63, 3.8) is 0 Å². The van der Waals surface area contributed by atoms with E-state index in [1.165, 1.54) is 0 Å². The summed E-state index contributed by atoms with van der Waals surface area (Å²) in [6.07, 6.45) is 0. The summed E-state index contributed by atoms with van der Waals surface area (Å²) in [6.45, 7) is 5.19. The van der Waals surface area contributed by atoms with Gasteiger partial charge in [-0.05, 0) is 36.1 Å². The van der Waals surface area contributed by atoms with Crippen molar-refractivity contribution in [3.05, 3.63) is 60.2 Å². The fraction of sp³-hybridized carbons (Fsp3) is 0.318. The second kappa shape index (κ2) is 10.3. The van der Waals surface area contributed by atoms with Crippen LogP contribution in [0.15, 0.2) is 54.6 Å². The zero-order chi connectivity index (χ0) is 20.5. The molecule has 0 aliphatic rings. The Kier molecular flexibility index (Phi) is 7.75. The van der Waals surface area contributed by atoms with Gasteiger partial charge in [0.2, 0.25) is 0 Å². The van der Waals surface area contributed by atoms with E-state index in [0.717, 1.165) is 11.1 Å². The van der Waals surface area contributed by atoms with Crippen molar-refractivity contribution in [1.29, 1.82) is 0 Å². The normalized spacial score (nSPS) is 11.6. The zero-order valence-electron chi connectivity index (χ0n) is 16.4. The Labute approximate surface area is 165 Å². The van der Waals surface area contributed by atoms with Gasteiger partial charge in [0.15, 0.2) is 6.61 Å². The number of carbonyl (C=O) groups is 3. The number of rotatable bonds is 8. The molecule has 0 unspecified atom stereocenters. The van der Waals surface area contributed by atoms with Crippen LogP contribution in [0.25, 0.3) is 11.1 Å². The third kappa shape index (κ3) is 6.54. The van der Waals surface area contributed by atoms with Crippen LogP contribution in [0.1, 0.15) is 31.1 Å². The molecule has 28 heavy (non-hydrogen) atoms.